The molecule has 7 heteroatoms. The Morgan fingerprint density at radius 1 is 1.35 bits per heavy atom. The molecule has 2 aromatic rings. The number of ether oxygens (including phenoxy) is 1. The number of hydrogen-bond acceptors (Lipinski definition) is 4. The van der Waals surface area contributed by atoms with Crippen LogP contribution in [-0.4, -0.2) is 39.0 Å². The average Bonchev–Trinajstić information content (AvgIpc) is 2.70. The van der Waals surface area contributed by atoms with Crippen LogP contribution in [0.2, 0.25) is 0 Å². The van der Waals surface area contributed by atoms with Crippen molar-refractivity contribution >= 4 is 22.8 Å². The summed E-state index contributed by atoms with van der Waals surface area (Å²) in [6.07, 6.45) is 0. The van der Waals surface area contributed by atoms with Gasteiger partial charge in [-0.15, -0.1) is 0 Å². The highest BCUT2D eigenvalue weighted by Crippen LogP contribution is 2.25. The number of aromatic nitrogens is 2. The van der Waals surface area contributed by atoms with Crippen LogP contribution >= 0.6 is 0 Å². The molecular formula is C10H8N2O5. The zero-order valence-corrected chi connectivity index (χ0v) is 8.51. The van der Waals surface area contributed by atoms with E-state index in [1.807, 2.05) is 0 Å². The van der Waals surface area contributed by atoms with Gasteiger partial charge in [0.2, 0.25) is 0 Å². The number of para-hydroxylation sites is 1. The third-order valence-corrected chi connectivity index (χ3v) is 2.11. The molecular weight excluding hydrogens is 228 g/mol. The molecule has 0 amide bonds. The van der Waals surface area contributed by atoms with Crippen molar-refractivity contribution in [2.75, 3.05) is 6.61 Å². The van der Waals surface area contributed by atoms with Crippen molar-refractivity contribution < 1.29 is 24.5 Å². The summed E-state index contributed by atoms with van der Waals surface area (Å²) in [7, 11) is 0. The first kappa shape index (κ1) is 10.9. The summed E-state index contributed by atoms with van der Waals surface area (Å²) in [4.78, 5) is 21.2. The molecule has 0 bridgehead atoms. The number of aromatic carboxylic acids is 1. The van der Waals surface area contributed by atoms with E-state index < -0.39 is 18.5 Å². The van der Waals surface area contributed by atoms with Gasteiger partial charge in [0.15, 0.2) is 12.3 Å². The van der Waals surface area contributed by atoms with Crippen LogP contribution < -0.4 is 4.74 Å². The molecule has 0 saturated carbocycles. The molecule has 0 aliphatic heterocycles. The maximum absolute atomic E-state index is 10.8. The van der Waals surface area contributed by atoms with E-state index in [0.717, 1.165) is 0 Å². The number of carboxylic acids is 2. The smallest absolute Gasteiger partial charge is 0.357 e. The lowest BCUT2D eigenvalue weighted by molar-refractivity contribution is -0.139. The number of carboxylic acid groups (broad SMARTS) is 2. The van der Waals surface area contributed by atoms with Crippen LogP contribution in [-0.2, 0) is 4.79 Å². The Kier molecular flexibility index (Phi) is 2.65. The van der Waals surface area contributed by atoms with E-state index in [-0.39, 0.29) is 11.4 Å². The Morgan fingerprint density at radius 3 is 2.76 bits per heavy atom. The fraction of sp³-hybridized carbons (Fsp3) is 0.100. The zero-order chi connectivity index (χ0) is 12.4. The summed E-state index contributed by atoms with van der Waals surface area (Å²) in [6.45, 7) is -0.499. The van der Waals surface area contributed by atoms with E-state index in [1.54, 1.807) is 12.1 Å². The Labute approximate surface area is 94.6 Å². The zero-order valence-electron chi connectivity index (χ0n) is 8.51. The van der Waals surface area contributed by atoms with Gasteiger partial charge in [0, 0.05) is 5.39 Å². The van der Waals surface area contributed by atoms with Crippen molar-refractivity contribution in [1.29, 1.82) is 0 Å². The second kappa shape index (κ2) is 4.12. The van der Waals surface area contributed by atoms with E-state index in [4.69, 9.17) is 14.9 Å². The Bertz CT molecular complexity index is 589. The molecule has 0 radical (unpaired) electrons. The van der Waals surface area contributed by atoms with Crippen molar-refractivity contribution in [2.45, 2.75) is 0 Å². The fourth-order valence-corrected chi connectivity index (χ4v) is 1.44. The summed E-state index contributed by atoms with van der Waals surface area (Å²) in [6, 6.07) is 4.67. The molecule has 1 aromatic heterocycles. The minimum Gasteiger partial charge on any atom is -0.480 e. The SMILES string of the molecule is O=C(O)COc1cccc2c(C(=O)O)n[nH]c12. The molecule has 7 nitrogen and oxygen atoms in total. The molecule has 88 valence electrons. The number of aliphatic carboxylic acids is 1. The number of H-pyrrole nitrogens is 1. The lowest BCUT2D eigenvalue weighted by Crippen LogP contribution is -2.09. The summed E-state index contributed by atoms with van der Waals surface area (Å²) < 4.78 is 5.01. The average molecular weight is 236 g/mol. The van der Waals surface area contributed by atoms with Gasteiger partial charge in [0.05, 0.1) is 0 Å². The normalized spacial score (nSPS) is 10.4. The highest BCUT2D eigenvalue weighted by molar-refractivity contribution is 6.02. The van der Waals surface area contributed by atoms with Crippen molar-refractivity contribution in [3.63, 3.8) is 0 Å². The van der Waals surface area contributed by atoms with Gasteiger partial charge in [-0.25, -0.2) is 9.59 Å². The fourth-order valence-electron chi connectivity index (χ4n) is 1.44. The van der Waals surface area contributed by atoms with Crippen LogP contribution in [0, 0.1) is 0 Å². The number of nitrogens with zero attached hydrogens (tertiary/aromatic N) is 1. The van der Waals surface area contributed by atoms with Gasteiger partial charge in [0.25, 0.3) is 0 Å². The number of carbonyl (C=O) groups is 2. The van der Waals surface area contributed by atoms with Gasteiger partial charge >= 0.3 is 11.9 Å². The summed E-state index contributed by atoms with van der Waals surface area (Å²) in [5.41, 5.74) is 0.243. The molecule has 3 N–H and O–H groups in total. The minimum atomic E-state index is -1.16. The molecule has 0 saturated heterocycles. The first-order valence-corrected chi connectivity index (χ1v) is 4.64. The predicted octanol–water partition coefficient (Wildman–Crippen LogP) is 0.724. The Balaban J connectivity index is 2.44. The summed E-state index contributed by atoms with van der Waals surface area (Å²) >= 11 is 0. The van der Waals surface area contributed by atoms with Crippen LogP contribution in [0.15, 0.2) is 18.2 Å². The first-order chi connectivity index (χ1) is 8.09. The van der Waals surface area contributed by atoms with Crippen LogP contribution in [0.3, 0.4) is 0 Å². The molecule has 0 spiro atoms. The van der Waals surface area contributed by atoms with E-state index >= 15 is 0 Å². The van der Waals surface area contributed by atoms with Gasteiger partial charge < -0.3 is 14.9 Å². The Morgan fingerprint density at radius 2 is 2.12 bits per heavy atom. The lowest BCUT2D eigenvalue weighted by Gasteiger charge is -2.03. The van der Waals surface area contributed by atoms with E-state index in [2.05, 4.69) is 10.2 Å². The van der Waals surface area contributed by atoms with Crippen molar-refractivity contribution in [1.82, 2.24) is 10.2 Å². The quantitative estimate of drug-likeness (QED) is 0.721. The van der Waals surface area contributed by atoms with Crippen LogP contribution in [0.25, 0.3) is 10.9 Å². The van der Waals surface area contributed by atoms with Crippen LogP contribution in [0.4, 0.5) is 0 Å². The van der Waals surface area contributed by atoms with Crippen LogP contribution in [0.5, 0.6) is 5.75 Å². The predicted molar refractivity (Wildman–Crippen MR) is 56.2 cm³/mol. The van der Waals surface area contributed by atoms with Crippen molar-refractivity contribution in [3.05, 3.63) is 23.9 Å². The molecule has 1 aromatic carbocycles. The number of rotatable bonds is 4. The van der Waals surface area contributed by atoms with Crippen LogP contribution in [0.1, 0.15) is 10.5 Å². The lowest BCUT2D eigenvalue weighted by atomic mass is 10.2. The monoisotopic (exact) mass is 236 g/mol. The van der Waals surface area contributed by atoms with Gasteiger partial charge in [-0.2, -0.15) is 5.10 Å². The molecule has 0 unspecified atom stereocenters. The highest BCUT2D eigenvalue weighted by Gasteiger charge is 2.15. The third-order valence-electron chi connectivity index (χ3n) is 2.11. The molecule has 2 rings (SSSR count). The standard InChI is InChI=1S/C10H8N2O5/c13-7(14)4-17-6-3-1-2-5-8(6)11-12-9(5)10(15)16/h1-3H,4H2,(H,11,12)(H,13,14)(H,15,16). The van der Waals surface area contributed by atoms with Gasteiger partial charge in [-0.3, -0.25) is 5.10 Å². The van der Waals surface area contributed by atoms with E-state index in [9.17, 15) is 9.59 Å². The largest absolute Gasteiger partial charge is 0.480 e. The number of nitrogens with one attached hydrogen (secondary N) is 1. The second-order valence-electron chi connectivity index (χ2n) is 3.24. The second-order valence-corrected chi connectivity index (χ2v) is 3.24. The molecule has 0 aliphatic rings. The molecule has 0 fully saturated rings. The topological polar surface area (TPSA) is 113 Å². The van der Waals surface area contributed by atoms with E-state index in [0.29, 0.717) is 10.9 Å². The molecule has 1 heterocycles. The number of benzene rings is 1. The van der Waals surface area contributed by atoms with Gasteiger partial charge in [-0.1, -0.05) is 12.1 Å². The number of hydrogen-bond donors (Lipinski definition) is 3. The first-order valence-electron chi connectivity index (χ1n) is 4.64. The van der Waals surface area contributed by atoms with Gasteiger partial charge in [0.1, 0.15) is 11.3 Å². The highest BCUT2D eigenvalue weighted by atomic mass is 16.5. The maximum atomic E-state index is 10.8. The third kappa shape index (κ3) is 2.03. The van der Waals surface area contributed by atoms with E-state index in [1.165, 1.54) is 6.07 Å². The number of aromatic amines is 1. The Hall–Kier alpha value is -2.57. The maximum Gasteiger partial charge on any atom is 0.357 e. The minimum absolute atomic E-state index is 0.124. The summed E-state index contributed by atoms with van der Waals surface area (Å²) in [5.74, 6) is -2.02. The molecule has 0 aliphatic carbocycles. The summed E-state index contributed by atoms with van der Waals surface area (Å²) in [5, 5.41) is 23.9. The van der Waals surface area contributed by atoms with Crippen molar-refractivity contribution in [2.24, 2.45) is 0 Å². The van der Waals surface area contributed by atoms with Crippen molar-refractivity contribution in [3.8, 4) is 5.75 Å². The number of fused-ring (bicyclic) bond motifs is 1. The molecule has 17 heavy (non-hydrogen) atoms. The van der Waals surface area contributed by atoms with Gasteiger partial charge in [-0.05, 0) is 6.07 Å². The molecule has 0 atom stereocenters.